The summed E-state index contributed by atoms with van der Waals surface area (Å²) in [5, 5.41) is 15.8. The van der Waals surface area contributed by atoms with Gasteiger partial charge in [-0.05, 0) is 12.8 Å². The smallest absolute Gasteiger partial charge is 0.293 e. The molecule has 0 spiro atoms. The van der Waals surface area contributed by atoms with Crippen molar-refractivity contribution in [1.29, 1.82) is 0 Å². The zero-order chi connectivity index (χ0) is 12.3. The fourth-order valence-corrected chi connectivity index (χ4v) is 2.05. The molecule has 0 aromatic carbocycles. The van der Waals surface area contributed by atoms with Crippen molar-refractivity contribution in [3.8, 4) is 0 Å². The summed E-state index contributed by atoms with van der Waals surface area (Å²) in [6.45, 7) is 3.48. The van der Waals surface area contributed by atoms with E-state index in [0.717, 1.165) is 25.1 Å². The van der Waals surface area contributed by atoms with Gasteiger partial charge in [-0.3, -0.25) is 9.89 Å². The van der Waals surface area contributed by atoms with Crippen molar-refractivity contribution in [2.45, 2.75) is 26.2 Å². The summed E-state index contributed by atoms with van der Waals surface area (Å²) >= 11 is 0. The lowest BCUT2D eigenvalue weighted by Crippen LogP contribution is -2.30. The molecule has 17 heavy (non-hydrogen) atoms. The lowest BCUT2D eigenvalue weighted by Gasteiger charge is -2.13. The Balaban J connectivity index is 1.99. The van der Waals surface area contributed by atoms with Gasteiger partial charge in [0.25, 0.3) is 5.91 Å². The van der Waals surface area contributed by atoms with Gasteiger partial charge in [-0.15, -0.1) is 5.10 Å². The van der Waals surface area contributed by atoms with Gasteiger partial charge >= 0.3 is 0 Å². The number of aliphatic hydroxyl groups excluding tert-OH is 1. The maximum absolute atomic E-state index is 12.0. The number of amides is 1. The number of aromatic amines is 1. The van der Waals surface area contributed by atoms with Crippen LogP contribution in [0.1, 0.15) is 36.2 Å². The van der Waals surface area contributed by atoms with E-state index < -0.39 is 0 Å². The van der Waals surface area contributed by atoms with E-state index in [2.05, 4.69) is 22.1 Å². The van der Waals surface area contributed by atoms with E-state index in [0.29, 0.717) is 13.1 Å². The van der Waals surface area contributed by atoms with Crippen LogP contribution < -0.4 is 0 Å². The van der Waals surface area contributed by atoms with E-state index in [9.17, 15) is 4.79 Å². The Morgan fingerprint density at radius 3 is 3.12 bits per heavy atom. The molecule has 0 aliphatic carbocycles. The van der Waals surface area contributed by atoms with Gasteiger partial charge in [-0.1, -0.05) is 6.92 Å². The molecule has 1 aliphatic heterocycles. The number of hydrogen-bond donors (Lipinski definition) is 2. The van der Waals surface area contributed by atoms with Crippen LogP contribution in [0.15, 0.2) is 0 Å². The van der Waals surface area contributed by atoms with Gasteiger partial charge in [-0.2, -0.15) is 0 Å². The third-order valence-corrected chi connectivity index (χ3v) is 3.04. The Bertz CT molecular complexity index is 391. The summed E-state index contributed by atoms with van der Waals surface area (Å²) in [7, 11) is 0. The molecule has 0 bridgehead atoms. The molecule has 1 unspecified atom stereocenters. The lowest BCUT2D eigenvalue weighted by atomic mass is 10.1. The van der Waals surface area contributed by atoms with E-state index in [1.54, 1.807) is 4.90 Å². The van der Waals surface area contributed by atoms with Gasteiger partial charge < -0.3 is 10.0 Å². The first-order chi connectivity index (χ1) is 8.24. The summed E-state index contributed by atoms with van der Waals surface area (Å²) in [6, 6.07) is 0. The van der Waals surface area contributed by atoms with E-state index in [1.807, 2.05) is 0 Å². The molecule has 1 saturated heterocycles. The first kappa shape index (κ1) is 12.0. The number of nitrogens with one attached hydrogen (secondary N) is 1. The molecule has 0 saturated carbocycles. The van der Waals surface area contributed by atoms with E-state index >= 15 is 0 Å². The minimum absolute atomic E-state index is 0.138. The molecular weight excluding hydrogens is 220 g/mol. The van der Waals surface area contributed by atoms with Gasteiger partial charge in [0, 0.05) is 32.0 Å². The van der Waals surface area contributed by atoms with Crippen LogP contribution >= 0.6 is 0 Å². The monoisotopic (exact) mass is 238 g/mol. The number of H-pyrrole nitrogens is 1. The Morgan fingerprint density at radius 1 is 1.65 bits per heavy atom. The quantitative estimate of drug-likeness (QED) is 0.785. The molecule has 2 heterocycles. The highest BCUT2D eigenvalue weighted by Crippen LogP contribution is 2.16. The molecule has 1 atom stereocenters. The topological polar surface area (TPSA) is 82.1 Å². The number of carbonyl (C=O) groups is 1. The second kappa shape index (κ2) is 5.27. The van der Waals surface area contributed by atoms with Crippen molar-refractivity contribution in [3.63, 3.8) is 0 Å². The standard InChI is InChI=1S/C11H18N4O2/c1-2-3-9-12-10(14-13-9)11(17)15-5-4-8(6-15)7-16/h8,16H,2-7H2,1H3,(H,12,13,14). The van der Waals surface area contributed by atoms with Crippen molar-refractivity contribution in [1.82, 2.24) is 20.1 Å². The number of hydrogen-bond acceptors (Lipinski definition) is 4. The second-order valence-corrected chi connectivity index (χ2v) is 4.44. The van der Waals surface area contributed by atoms with Crippen LogP contribution in [0.4, 0.5) is 0 Å². The predicted molar refractivity (Wildman–Crippen MR) is 61.5 cm³/mol. The largest absolute Gasteiger partial charge is 0.396 e. The third kappa shape index (κ3) is 2.63. The number of rotatable bonds is 4. The van der Waals surface area contributed by atoms with E-state index in [4.69, 9.17) is 5.11 Å². The third-order valence-electron chi connectivity index (χ3n) is 3.04. The zero-order valence-corrected chi connectivity index (χ0v) is 10.0. The first-order valence-corrected chi connectivity index (χ1v) is 6.06. The van der Waals surface area contributed by atoms with Crippen molar-refractivity contribution in [2.75, 3.05) is 19.7 Å². The van der Waals surface area contributed by atoms with E-state index in [1.165, 1.54) is 0 Å². The van der Waals surface area contributed by atoms with Crippen LogP contribution in [0.3, 0.4) is 0 Å². The highest BCUT2D eigenvalue weighted by molar-refractivity contribution is 5.90. The molecule has 6 nitrogen and oxygen atoms in total. The lowest BCUT2D eigenvalue weighted by molar-refractivity contribution is 0.0770. The minimum atomic E-state index is -0.139. The van der Waals surface area contributed by atoms with Crippen molar-refractivity contribution >= 4 is 5.91 Å². The van der Waals surface area contributed by atoms with Gasteiger partial charge in [0.1, 0.15) is 5.82 Å². The van der Waals surface area contributed by atoms with Crippen molar-refractivity contribution in [3.05, 3.63) is 11.6 Å². The maximum Gasteiger partial charge on any atom is 0.293 e. The fourth-order valence-electron chi connectivity index (χ4n) is 2.05. The molecule has 2 rings (SSSR count). The van der Waals surface area contributed by atoms with Crippen LogP contribution in [0.25, 0.3) is 0 Å². The second-order valence-electron chi connectivity index (χ2n) is 4.44. The van der Waals surface area contributed by atoms with Crippen LogP contribution in [0, 0.1) is 5.92 Å². The van der Waals surface area contributed by atoms with Crippen LogP contribution in [-0.2, 0) is 6.42 Å². The number of nitrogens with zero attached hydrogens (tertiary/aromatic N) is 3. The summed E-state index contributed by atoms with van der Waals surface area (Å²) in [5.74, 6) is 1.06. The SMILES string of the molecule is CCCc1nc(C(=O)N2CCC(CO)C2)n[nH]1. The number of aryl methyl sites for hydroxylation is 1. The molecule has 1 aliphatic rings. The number of aliphatic hydroxyl groups is 1. The predicted octanol–water partition coefficient (Wildman–Crippen LogP) is 0.212. The maximum atomic E-state index is 12.0. The number of likely N-dealkylation sites (tertiary alicyclic amines) is 1. The number of aromatic nitrogens is 3. The minimum Gasteiger partial charge on any atom is -0.396 e. The first-order valence-electron chi connectivity index (χ1n) is 6.06. The summed E-state index contributed by atoms with van der Waals surface area (Å²) in [6.07, 6.45) is 2.63. The van der Waals surface area contributed by atoms with Crippen LogP contribution in [-0.4, -0.2) is 50.8 Å². The number of carbonyl (C=O) groups excluding carboxylic acids is 1. The zero-order valence-electron chi connectivity index (χ0n) is 10.0. The molecular formula is C11H18N4O2. The summed E-state index contributed by atoms with van der Waals surface area (Å²) < 4.78 is 0. The van der Waals surface area contributed by atoms with Gasteiger partial charge in [0.2, 0.25) is 5.82 Å². The molecule has 6 heteroatoms. The van der Waals surface area contributed by atoms with E-state index in [-0.39, 0.29) is 24.3 Å². The normalized spacial score (nSPS) is 19.9. The van der Waals surface area contributed by atoms with Crippen molar-refractivity contribution in [2.24, 2.45) is 5.92 Å². The molecule has 94 valence electrons. The Kier molecular flexibility index (Phi) is 3.73. The molecule has 0 radical (unpaired) electrons. The Morgan fingerprint density at radius 2 is 2.47 bits per heavy atom. The average Bonchev–Trinajstić information content (AvgIpc) is 2.97. The highest BCUT2D eigenvalue weighted by atomic mass is 16.3. The highest BCUT2D eigenvalue weighted by Gasteiger charge is 2.28. The molecule has 1 aromatic heterocycles. The molecule has 1 aromatic rings. The van der Waals surface area contributed by atoms with Crippen LogP contribution in [0.2, 0.25) is 0 Å². The fraction of sp³-hybridized carbons (Fsp3) is 0.727. The van der Waals surface area contributed by atoms with Gasteiger partial charge in [0.05, 0.1) is 0 Å². The van der Waals surface area contributed by atoms with Crippen molar-refractivity contribution < 1.29 is 9.90 Å². The molecule has 1 amide bonds. The van der Waals surface area contributed by atoms with Crippen LogP contribution in [0.5, 0.6) is 0 Å². The van der Waals surface area contributed by atoms with Gasteiger partial charge in [-0.25, -0.2) is 4.98 Å². The average molecular weight is 238 g/mol. The Hall–Kier alpha value is -1.43. The summed E-state index contributed by atoms with van der Waals surface area (Å²) in [5.41, 5.74) is 0. The van der Waals surface area contributed by atoms with Gasteiger partial charge in [0.15, 0.2) is 0 Å². The summed E-state index contributed by atoms with van der Waals surface area (Å²) in [4.78, 5) is 17.9. The Labute approximate surface area is 100 Å². The molecule has 2 N–H and O–H groups in total. The molecule has 1 fully saturated rings.